The number of amides is 1. The van der Waals surface area contributed by atoms with Gasteiger partial charge in [0.1, 0.15) is 5.69 Å². The maximum Gasteiger partial charge on any atom is 0.416 e. The van der Waals surface area contributed by atoms with E-state index in [-0.39, 0.29) is 43.1 Å². The first-order valence-corrected chi connectivity index (χ1v) is 8.70. The topological polar surface area (TPSA) is 104 Å². The van der Waals surface area contributed by atoms with Crippen LogP contribution in [-0.2, 0) is 11.0 Å². The molecule has 0 bridgehead atoms. The molecule has 1 aromatic carbocycles. The molecule has 1 amide bonds. The quantitative estimate of drug-likeness (QED) is 0.491. The Bertz CT molecular complexity index is 674. The smallest absolute Gasteiger partial charge is 0.396 e. The molecule has 0 atom stereocenters. The molecule has 3 N–H and O–H groups in total. The summed E-state index contributed by atoms with van der Waals surface area (Å²) in [6.07, 6.45) is -1.37. The summed E-state index contributed by atoms with van der Waals surface area (Å²) in [5, 5.41) is 25.6. The van der Waals surface area contributed by atoms with Gasteiger partial charge in [-0.3, -0.25) is 14.9 Å². The lowest BCUT2D eigenvalue weighted by Gasteiger charge is -2.28. The first kappa shape index (κ1) is 20.9. The zero-order valence-electron chi connectivity index (χ0n) is 14.6. The van der Waals surface area contributed by atoms with Gasteiger partial charge in [-0.15, -0.1) is 0 Å². The van der Waals surface area contributed by atoms with Gasteiger partial charge >= 0.3 is 6.18 Å². The van der Waals surface area contributed by atoms with E-state index >= 15 is 0 Å². The fourth-order valence-corrected chi connectivity index (χ4v) is 3.11. The molecule has 0 saturated heterocycles. The fraction of sp³-hybridized carbons (Fsp3) is 0.588. The van der Waals surface area contributed by atoms with Gasteiger partial charge < -0.3 is 15.7 Å². The van der Waals surface area contributed by atoms with Gasteiger partial charge in [-0.05, 0) is 43.7 Å². The maximum atomic E-state index is 12.7. The minimum absolute atomic E-state index is 0.0398. The van der Waals surface area contributed by atoms with Crippen molar-refractivity contribution in [2.24, 2.45) is 5.92 Å². The Balaban J connectivity index is 1.86. The van der Waals surface area contributed by atoms with E-state index in [0.717, 1.165) is 37.8 Å². The molecule has 0 heterocycles. The van der Waals surface area contributed by atoms with Gasteiger partial charge in [0.2, 0.25) is 5.91 Å². The van der Waals surface area contributed by atoms with Crippen LogP contribution >= 0.6 is 0 Å². The van der Waals surface area contributed by atoms with E-state index in [4.69, 9.17) is 5.11 Å². The van der Waals surface area contributed by atoms with Crippen molar-refractivity contribution in [3.63, 3.8) is 0 Å². The molecule has 0 aromatic heterocycles. The second-order valence-corrected chi connectivity index (χ2v) is 6.63. The standard InChI is InChI=1S/C17H22F3N3O4/c18-17(19,20)12-3-6-14(15(9-12)23(26)27)21-8-7-16(25)22-13-4-1-11(10-24)2-5-13/h3,6,9,11,13,21,24H,1-2,4-5,7-8,10H2,(H,22,25). The van der Waals surface area contributed by atoms with Crippen molar-refractivity contribution in [1.29, 1.82) is 0 Å². The molecule has 10 heteroatoms. The number of benzene rings is 1. The molecule has 0 aliphatic heterocycles. The molecule has 27 heavy (non-hydrogen) atoms. The van der Waals surface area contributed by atoms with Crippen molar-refractivity contribution in [3.8, 4) is 0 Å². The summed E-state index contributed by atoms with van der Waals surface area (Å²) in [5.41, 5.74) is -1.85. The Morgan fingerprint density at radius 2 is 1.93 bits per heavy atom. The Labute approximate surface area is 154 Å². The largest absolute Gasteiger partial charge is 0.416 e. The SMILES string of the molecule is O=C(CCNc1ccc(C(F)(F)F)cc1[N+](=O)[O-])NC1CCC(CO)CC1. The van der Waals surface area contributed by atoms with Gasteiger partial charge in [0, 0.05) is 31.7 Å². The number of hydrogen-bond acceptors (Lipinski definition) is 5. The van der Waals surface area contributed by atoms with Crippen LogP contribution in [0.4, 0.5) is 24.5 Å². The van der Waals surface area contributed by atoms with Crippen LogP contribution in [0.1, 0.15) is 37.7 Å². The number of halogens is 3. The van der Waals surface area contributed by atoms with Gasteiger partial charge in [-0.1, -0.05) is 0 Å². The molecule has 1 fully saturated rings. The van der Waals surface area contributed by atoms with Crippen molar-refractivity contribution in [3.05, 3.63) is 33.9 Å². The highest BCUT2D eigenvalue weighted by Gasteiger charge is 2.33. The van der Waals surface area contributed by atoms with Crippen LogP contribution in [0.25, 0.3) is 0 Å². The van der Waals surface area contributed by atoms with E-state index in [2.05, 4.69) is 10.6 Å². The third kappa shape index (κ3) is 6.09. The van der Waals surface area contributed by atoms with Crippen LogP contribution in [0.15, 0.2) is 18.2 Å². The van der Waals surface area contributed by atoms with Gasteiger partial charge in [0.05, 0.1) is 10.5 Å². The molecule has 0 unspecified atom stereocenters. The Hall–Kier alpha value is -2.36. The van der Waals surface area contributed by atoms with Crippen LogP contribution in [0.2, 0.25) is 0 Å². The number of nitro groups is 1. The normalized spacial score (nSPS) is 20.1. The van der Waals surface area contributed by atoms with Gasteiger partial charge in [-0.2, -0.15) is 13.2 Å². The third-order valence-corrected chi connectivity index (χ3v) is 4.66. The van der Waals surface area contributed by atoms with Crippen molar-refractivity contribution in [1.82, 2.24) is 5.32 Å². The Morgan fingerprint density at radius 1 is 1.26 bits per heavy atom. The number of alkyl halides is 3. The third-order valence-electron chi connectivity index (χ3n) is 4.66. The summed E-state index contributed by atoms with van der Waals surface area (Å²) in [7, 11) is 0. The fourth-order valence-electron chi connectivity index (χ4n) is 3.11. The van der Waals surface area contributed by atoms with Gasteiger partial charge in [0.15, 0.2) is 0 Å². The Morgan fingerprint density at radius 3 is 2.48 bits per heavy atom. The molecule has 0 radical (unpaired) electrons. The zero-order valence-corrected chi connectivity index (χ0v) is 14.6. The first-order chi connectivity index (χ1) is 12.7. The second kappa shape index (κ2) is 9.03. The lowest BCUT2D eigenvalue weighted by Crippen LogP contribution is -2.38. The molecule has 7 nitrogen and oxygen atoms in total. The highest BCUT2D eigenvalue weighted by Crippen LogP contribution is 2.34. The van der Waals surface area contributed by atoms with Crippen molar-refractivity contribution in [2.45, 2.75) is 44.3 Å². The number of hydrogen-bond donors (Lipinski definition) is 3. The van der Waals surface area contributed by atoms with E-state index in [1.807, 2.05) is 0 Å². The first-order valence-electron chi connectivity index (χ1n) is 8.70. The van der Waals surface area contributed by atoms with Crippen LogP contribution in [0.3, 0.4) is 0 Å². The number of carbonyl (C=O) groups is 1. The lowest BCUT2D eigenvalue weighted by molar-refractivity contribution is -0.384. The molecule has 1 saturated carbocycles. The monoisotopic (exact) mass is 389 g/mol. The summed E-state index contributed by atoms with van der Waals surface area (Å²) in [6, 6.07) is 2.27. The van der Waals surface area contributed by atoms with Gasteiger partial charge in [0.25, 0.3) is 5.69 Å². The minimum atomic E-state index is -4.67. The predicted molar refractivity (Wildman–Crippen MR) is 92.2 cm³/mol. The number of anilines is 1. The Kier molecular flexibility index (Phi) is 7.00. The van der Waals surface area contributed by atoms with Crippen molar-refractivity contribution >= 4 is 17.3 Å². The molecule has 150 valence electrons. The zero-order chi connectivity index (χ0) is 20.0. The van der Waals surface area contributed by atoms with Crippen LogP contribution in [-0.4, -0.2) is 35.1 Å². The lowest BCUT2D eigenvalue weighted by atomic mass is 9.86. The van der Waals surface area contributed by atoms with Crippen molar-refractivity contribution in [2.75, 3.05) is 18.5 Å². The minimum Gasteiger partial charge on any atom is -0.396 e. The number of aliphatic hydroxyl groups is 1. The molecule has 2 rings (SSSR count). The number of nitrogens with one attached hydrogen (secondary N) is 2. The summed E-state index contributed by atoms with van der Waals surface area (Å²) >= 11 is 0. The number of rotatable bonds is 7. The van der Waals surface area contributed by atoms with E-state index < -0.39 is 22.4 Å². The molecular weight excluding hydrogens is 367 g/mol. The summed E-state index contributed by atoms with van der Waals surface area (Å²) in [4.78, 5) is 22.1. The highest BCUT2D eigenvalue weighted by molar-refractivity contribution is 5.77. The number of aliphatic hydroxyl groups excluding tert-OH is 1. The number of carbonyl (C=O) groups excluding carboxylic acids is 1. The van der Waals surface area contributed by atoms with E-state index in [0.29, 0.717) is 6.07 Å². The molecule has 0 spiro atoms. The van der Waals surface area contributed by atoms with E-state index in [1.54, 1.807) is 0 Å². The highest BCUT2D eigenvalue weighted by atomic mass is 19.4. The number of nitro benzene ring substituents is 1. The molecular formula is C17H22F3N3O4. The molecule has 1 aliphatic rings. The summed E-state index contributed by atoms with van der Waals surface area (Å²) in [5.74, 6) is 0.0459. The summed E-state index contributed by atoms with van der Waals surface area (Å²) in [6.45, 7) is 0.209. The average Bonchev–Trinajstić information content (AvgIpc) is 2.61. The molecule has 1 aliphatic carbocycles. The summed E-state index contributed by atoms with van der Waals surface area (Å²) < 4.78 is 38.0. The molecule has 1 aromatic rings. The van der Waals surface area contributed by atoms with Gasteiger partial charge in [-0.25, -0.2) is 0 Å². The number of nitrogens with zero attached hydrogens (tertiary/aromatic N) is 1. The van der Waals surface area contributed by atoms with E-state index in [9.17, 15) is 28.1 Å². The average molecular weight is 389 g/mol. The van der Waals surface area contributed by atoms with Crippen LogP contribution in [0, 0.1) is 16.0 Å². The second-order valence-electron chi connectivity index (χ2n) is 6.63. The predicted octanol–water partition coefficient (Wildman–Crippen LogP) is 3.08. The van der Waals surface area contributed by atoms with Crippen LogP contribution in [0.5, 0.6) is 0 Å². The van der Waals surface area contributed by atoms with E-state index in [1.165, 1.54) is 0 Å². The van der Waals surface area contributed by atoms with Crippen molar-refractivity contribution < 1.29 is 28.0 Å². The van der Waals surface area contributed by atoms with Crippen LogP contribution < -0.4 is 10.6 Å². The maximum absolute atomic E-state index is 12.7.